The molecule has 0 unspecified atom stereocenters. The highest BCUT2D eigenvalue weighted by Crippen LogP contribution is 2.30. The van der Waals surface area contributed by atoms with Crippen molar-refractivity contribution in [1.82, 2.24) is 29.5 Å². The van der Waals surface area contributed by atoms with Crippen LogP contribution in [0.5, 0.6) is 11.5 Å². The first-order chi connectivity index (χ1) is 14.6. The van der Waals surface area contributed by atoms with Crippen LogP contribution < -0.4 is 20.5 Å². The van der Waals surface area contributed by atoms with E-state index in [1.807, 2.05) is 0 Å². The van der Waals surface area contributed by atoms with E-state index in [1.165, 1.54) is 17.8 Å². The first kappa shape index (κ1) is 18.0. The number of hydrogen-bond donors (Lipinski definition) is 1. The topological polar surface area (TPSA) is 135 Å². The van der Waals surface area contributed by atoms with Gasteiger partial charge in [-0.2, -0.15) is 9.50 Å². The maximum atomic E-state index is 12.8. The van der Waals surface area contributed by atoms with E-state index in [9.17, 15) is 9.59 Å². The van der Waals surface area contributed by atoms with Gasteiger partial charge in [0.15, 0.2) is 22.8 Å². The van der Waals surface area contributed by atoms with Crippen molar-refractivity contribution < 1.29 is 19.0 Å². The number of aromatic nitrogens is 6. The first-order valence-corrected chi connectivity index (χ1v) is 8.98. The largest absolute Gasteiger partial charge is 0.486 e. The quantitative estimate of drug-likeness (QED) is 0.499. The minimum absolute atomic E-state index is 0.0290. The number of carbonyl (C=O) groups is 1. The molecule has 3 aromatic heterocycles. The maximum Gasteiger partial charge on any atom is 0.299 e. The fourth-order valence-corrected chi connectivity index (χ4v) is 3.08. The third-order valence-electron chi connectivity index (χ3n) is 4.45. The summed E-state index contributed by atoms with van der Waals surface area (Å²) in [4.78, 5) is 29.6. The fourth-order valence-electron chi connectivity index (χ4n) is 3.08. The standard InChI is InChI=1S/C18H15N7O5/c1-28-9-14-19-18-21-20-15-11(25(18)22-14)4-5-24(17(15)27)23-16(26)10-2-3-12-13(8-10)30-7-6-29-12/h2-5,8H,6-7,9H2,1H3,(H,23,26). The highest BCUT2D eigenvalue weighted by molar-refractivity contribution is 6.00. The Kier molecular flexibility index (Phi) is 4.25. The van der Waals surface area contributed by atoms with Crippen molar-refractivity contribution in [2.45, 2.75) is 6.61 Å². The molecule has 1 aliphatic heterocycles. The Balaban J connectivity index is 1.48. The third kappa shape index (κ3) is 2.99. The summed E-state index contributed by atoms with van der Waals surface area (Å²) in [5.41, 5.74) is 2.73. The van der Waals surface area contributed by atoms with Gasteiger partial charge in [0, 0.05) is 18.9 Å². The molecule has 0 fully saturated rings. The van der Waals surface area contributed by atoms with E-state index < -0.39 is 11.5 Å². The summed E-state index contributed by atoms with van der Waals surface area (Å²) in [6, 6.07) is 6.39. The number of methoxy groups -OCH3 is 1. The molecule has 12 nitrogen and oxygen atoms in total. The van der Waals surface area contributed by atoms with Gasteiger partial charge >= 0.3 is 0 Å². The molecule has 30 heavy (non-hydrogen) atoms. The molecule has 0 atom stereocenters. The van der Waals surface area contributed by atoms with Crippen molar-refractivity contribution in [1.29, 1.82) is 0 Å². The predicted octanol–water partition coefficient (Wildman–Crippen LogP) is 0.136. The monoisotopic (exact) mass is 409 g/mol. The van der Waals surface area contributed by atoms with Crippen LogP contribution in [0.1, 0.15) is 16.2 Å². The maximum absolute atomic E-state index is 12.8. The average molecular weight is 409 g/mol. The van der Waals surface area contributed by atoms with Crippen molar-refractivity contribution in [3.8, 4) is 11.5 Å². The molecule has 1 aliphatic rings. The summed E-state index contributed by atoms with van der Waals surface area (Å²) in [6.45, 7) is 1.06. The zero-order valence-corrected chi connectivity index (χ0v) is 15.7. The zero-order valence-electron chi connectivity index (χ0n) is 15.7. The Labute approximate surface area is 168 Å². The molecule has 4 aromatic rings. The highest BCUT2D eigenvalue weighted by Gasteiger charge is 2.17. The molecular weight excluding hydrogens is 394 g/mol. The van der Waals surface area contributed by atoms with Crippen LogP contribution >= 0.6 is 0 Å². The Morgan fingerprint density at radius 3 is 2.87 bits per heavy atom. The van der Waals surface area contributed by atoms with Gasteiger partial charge in [-0.25, -0.2) is 4.68 Å². The minimum Gasteiger partial charge on any atom is -0.486 e. The van der Waals surface area contributed by atoms with Crippen LogP contribution in [0.25, 0.3) is 16.8 Å². The number of benzene rings is 1. The lowest BCUT2D eigenvalue weighted by Gasteiger charge is -2.18. The Bertz CT molecular complexity index is 1350. The summed E-state index contributed by atoms with van der Waals surface area (Å²) in [5.74, 6) is 1.21. The smallest absolute Gasteiger partial charge is 0.299 e. The van der Waals surface area contributed by atoms with Gasteiger partial charge in [-0.3, -0.25) is 15.0 Å². The molecule has 1 N–H and O–H groups in total. The highest BCUT2D eigenvalue weighted by atomic mass is 16.6. The van der Waals surface area contributed by atoms with Gasteiger partial charge in [0.1, 0.15) is 25.3 Å². The lowest BCUT2D eigenvalue weighted by atomic mass is 10.2. The average Bonchev–Trinajstić information content (AvgIpc) is 3.18. The SMILES string of the molecule is COCc1nc2nnc3c(=O)n(NC(=O)c4ccc5c(c4)OCCO5)ccc3n2n1. The molecule has 12 heteroatoms. The molecule has 0 saturated heterocycles. The first-order valence-electron chi connectivity index (χ1n) is 8.98. The number of amides is 1. The molecular formula is C18H15N7O5. The normalized spacial score (nSPS) is 13.0. The van der Waals surface area contributed by atoms with Gasteiger partial charge in [0.2, 0.25) is 0 Å². The third-order valence-corrected chi connectivity index (χ3v) is 4.45. The van der Waals surface area contributed by atoms with Crippen molar-refractivity contribution >= 4 is 22.7 Å². The van der Waals surface area contributed by atoms with E-state index in [-0.39, 0.29) is 17.9 Å². The Hall–Kier alpha value is -4.06. The summed E-state index contributed by atoms with van der Waals surface area (Å²) in [5, 5.41) is 12.1. The van der Waals surface area contributed by atoms with Crippen molar-refractivity contribution in [3.05, 3.63) is 52.2 Å². The summed E-state index contributed by atoms with van der Waals surface area (Å²) >= 11 is 0. The second-order valence-electron chi connectivity index (χ2n) is 6.40. The van der Waals surface area contributed by atoms with Crippen LogP contribution in [0, 0.1) is 0 Å². The lowest BCUT2D eigenvalue weighted by Crippen LogP contribution is -2.33. The molecule has 0 radical (unpaired) electrons. The van der Waals surface area contributed by atoms with E-state index in [4.69, 9.17) is 14.2 Å². The molecule has 0 aliphatic carbocycles. The lowest BCUT2D eigenvalue weighted by molar-refractivity contribution is 0.101. The Morgan fingerprint density at radius 1 is 1.20 bits per heavy atom. The predicted molar refractivity (Wildman–Crippen MR) is 102 cm³/mol. The van der Waals surface area contributed by atoms with E-state index in [2.05, 4.69) is 25.7 Å². The molecule has 0 spiro atoms. The number of rotatable bonds is 4. The van der Waals surface area contributed by atoms with Crippen molar-refractivity contribution in [2.24, 2.45) is 0 Å². The van der Waals surface area contributed by atoms with Crippen LogP contribution in [0.15, 0.2) is 35.3 Å². The van der Waals surface area contributed by atoms with Gasteiger partial charge in [-0.05, 0) is 24.3 Å². The summed E-state index contributed by atoms with van der Waals surface area (Å²) in [7, 11) is 1.53. The summed E-state index contributed by atoms with van der Waals surface area (Å²) in [6.07, 6.45) is 1.42. The number of nitrogens with zero attached hydrogens (tertiary/aromatic N) is 6. The van der Waals surface area contributed by atoms with Crippen LogP contribution in [0.3, 0.4) is 0 Å². The number of fused-ring (bicyclic) bond motifs is 4. The number of nitrogens with one attached hydrogen (secondary N) is 1. The zero-order chi connectivity index (χ0) is 20.7. The Morgan fingerprint density at radius 2 is 2.03 bits per heavy atom. The van der Waals surface area contributed by atoms with Gasteiger partial charge in [0.25, 0.3) is 17.2 Å². The number of hydrogen-bond acceptors (Lipinski definition) is 9. The van der Waals surface area contributed by atoms with Crippen LogP contribution in [0.2, 0.25) is 0 Å². The van der Waals surface area contributed by atoms with E-state index in [0.717, 1.165) is 4.68 Å². The fraction of sp³-hybridized carbons (Fsp3) is 0.222. The molecule has 1 amide bonds. The van der Waals surface area contributed by atoms with Crippen molar-refractivity contribution in [2.75, 3.05) is 25.7 Å². The minimum atomic E-state index is -0.559. The van der Waals surface area contributed by atoms with Gasteiger partial charge in [-0.15, -0.1) is 15.3 Å². The van der Waals surface area contributed by atoms with Crippen LogP contribution in [0.4, 0.5) is 0 Å². The molecule has 4 heterocycles. The second-order valence-corrected chi connectivity index (χ2v) is 6.40. The molecule has 1 aromatic carbocycles. The van der Waals surface area contributed by atoms with Crippen LogP contribution in [-0.2, 0) is 11.3 Å². The number of pyridine rings is 1. The summed E-state index contributed by atoms with van der Waals surface area (Å²) < 4.78 is 18.4. The molecule has 0 saturated carbocycles. The van der Waals surface area contributed by atoms with Crippen molar-refractivity contribution in [3.63, 3.8) is 0 Å². The van der Waals surface area contributed by atoms with E-state index in [1.54, 1.807) is 24.3 Å². The number of ether oxygens (including phenoxy) is 3. The molecule has 0 bridgehead atoms. The van der Waals surface area contributed by atoms with Gasteiger partial charge in [-0.1, -0.05) is 0 Å². The van der Waals surface area contributed by atoms with Gasteiger partial charge in [0.05, 0.1) is 0 Å². The van der Waals surface area contributed by atoms with E-state index >= 15 is 0 Å². The van der Waals surface area contributed by atoms with Gasteiger partial charge < -0.3 is 14.2 Å². The van der Waals surface area contributed by atoms with Crippen LogP contribution in [-0.4, -0.2) is 55.7 Å². The van der Waals surface area contributed by atoms with E-state index in [0.29, 0.717) is 41.6 Å². The second kappa shape index (κ2) is 7.08. The number of carbonyl (C=O) groups excluding carboxylic acids is 1. The molecule has 152 valence electrons. The molecule has 5 rings (SSSR count).